The van der Waals surface area contributed by atoms with E-state index in [2.05, 4.69) is 25.7 Å². The van der Waals surface area contributed by atoms with Crippen LogP contribution in [0.3, 0.4) is 0 Å². The Morgan fingerprint density at radius 2 is 1.88 bits per heavy atom. The Morgan fingerprint density at radius 3 is 2.42 bits per heavy atom. The van der Waals surface area contributed by atoms with Crippen LogP contribution in [0.25, 0.3) is 0 Å². The molecule has 26 heavy (non-hydrogen) atoms. The van der Waals surface area contributed by atoms with Crippen molar-refractivity contribution in [1.29, 1.82) is 0 Å². The molecule has 138 valence electrons. The molecule has 0 heterocycles. The van der Waals surface area contributed by atoms with E-state index in [0.29, 0.717) is 0 Å². The van der Waals surface area contributed by atoms with Gasteiger partial charge in [0.1, 0.15) is 11.5 Å². The molecule has 0 amide bonds. The summed E-state index contributed by atoms with van der Waals surface area (Å²) < 4.78 is 53.7. The highest BCUT2D eigenvalue weighted by Crippen LogP contribution is 2.32. The van der Waals surface area contributed by atoms with Crippen LogP contribution in [0, 0.1) is 10.1 Å². The monoisotopic (exact) mass is 436 g/mol. The predicted octanol–water partition coefficient (Wildman–Crippen LogP) is 5.05. The number of non-ortho nitro benzene ring substituents is 1. The van der Waals surface area contributed by atoms with Crippen LogP contribution in [0.5, 0.6) is 11.5 Å². The maximum absolute atomic E-state index is 12.8. The molecular formula is C15H9BrF4N2O4. The minimum absolute atomic E-state index is 0.0376. The van der Waals surface area contributed by atoms with E-state index in [1.807, 2.05) is 0 Å². The quantitative estimate of drug-likeness (QED) is 0.297. The second-order valence-corrected chi connectivity index (χ2v) is 5.69. The highest BCUT2D eigenvalue weighted by molar-refractivity contribution is 9.10. The van der Waals surface area contributed by atoms with Crippen molar-refractivity contribution in [2.75, 3.05) is 0 Å². The summed E-state index contributed by atoms with van der Waals surface area (Å²) >= 11 is 2.98. The van der Waals surface area contributed by atoms with Crippen LogP contribution in [0.15, 0.2) is 45.9 Å². The molecule has 6 nitrogen and oxygen atoms in total. The van der Waals surface area contributed by atoms with Gasteiger partial charge in [-0.05, 0) is 40.2 Å². The van der Waals surface area contributed by atoms with Crippen molar-refractivity contribution in [1.82, 2.24) is 0 Å². The van der Waals surface area contributed by atoms with Gasteiger partial charge in [-0.25, -0.2) is 0 Å². The molecule has 0 spiro atoms. The summed E-state index contributed by atoms with van der Waals surface area (Å²) in [6.45, 7) is 0. The number of ether oxygens (including phenoxy) is 1. The smallest absolute Gasteiger partial charge is 0.461 e. The molecule has 2 aromatic carbocycles. The lowest BCUT2D eigenvalue weighted by molar-refractivity contribution is -0.385. The third-order valence-corrected chi connectivity index (χ3v) is 3.59. The number of halogens is 5. The number of hydrogen-bond donors (Lipinski definition) is 1. The number of nitro benzene ring substituents is 1. The molecule has 0 aliphatic carbocycles. The van der Waals surface area contributed by atoms with Crippen LogP contribution in [0.2, 0.25) is 0 Å². The maximum Gasteiger partial charge on any atom is 0.461 e. The van der Waals surface area contributed by atoms with E-state index < -0.39 is 23.2 Å². The van der Waals surface area contributed by atoms with Crippen molar-refractivity contribution in [2.45, 2.75) is 12.5 Å². The molecule has 0 aliphatic heterocycles. The minimum atomic E-state index is -4.62. The van der Waals surface area contributed by atoms with E-state index in [1.165, 1.54) is 12.1 Å². The fraction of sp³-hybridized carbons (Fsp3) is 0.133. The second-order valence-electron chi connectivity index (χ2n) is 4.84. The molecule has 2 rings (SSSR count). The Kier molecular flexibility index (Phi) is 5.80. The first kappa shape index (κ1) is 19.6. The number of aromatic hydroxyl groups is 1. The molecule has 0 saturated carbocycles. The number of rotatable bonds is 6. The average molecular weight is 437 g/mol. The molecule has 0 aliphatic rings. The summed E-state index contributed by atoms with van der Waals surface area (Å²) in [5.74, 6) is -0.772. The van der Waals surface area contributed by atoms with Crippen molar-refractivity contribution in [3.63, 3.8) is 0 Å². The van der Waals surface area contributed by atoms with Gasteiger partial charge in [-0.2, -0.15) is 17.6 Å². The number of benzene rings is 2. The largest absolute Gasteiger partial charge is 0.506 e. The Labute approximate surface area is 152 Å². The molecule has 0 fully saturated rings. The normalized spacial score (nSPS) is 11.9. The minimum Gasteiger partial charge on any atom is -0.506 e. The van der Waals surface area contributed by atoms with Crippen LogP contribution < -0.4 is 4.74 Å². The molecule has 0 saturated heterocycles. The van der Waals surface area contributed by atoms with Gasteiger partial charge in [0.25, 0.3) is 5.69 Å². The molecule has 0 unspecified atom stereocenters. The van der Waals surface area contributed by atoms with Gasteiger partial charge in [0.15, 0.2) is 0 Å². The van der Waals surface area contributed by atoms with E-state index in [1.54, 1.807) is 0 Å². The number of hydrogen-bond acceptors (Lipinski definition) is 5. The molecular weight excluding hydrogens is 428 g/mol. The highest BCUT2D eigenvalue weighted by Gasteiger charge is 2.43. The number of aliphatic imine (C=N–C) groups is 1. The predicted molar refractivity (Wildman–Crippen MR) is 87.7 cm³/mol. The van der Waals surface area contributed by atoms with Crippen molar-refractivity contribution in [3.05, 3.63) is 56.5 Å². The second kappa shape index (κ2) is 7.68. The first-order valence-corrected chi connectivity index (χ1v) is 7.55. The number of alkyl halides is 4. The Morgan fingerprint density at radius 1 is 1.27 bits per heavy atom. The summed E-state index contributed by atoms with van der Waals surface area (Å²) in [4.78, 5) is 14.1. The van der Waals surface area contributed by atoms with Crippen LogP contribution in [0.4, 0.5) is 28.9 Å². The standard InChI is InChI=1S/C15H9BrF4N2O4/c16-12-6-10(22(24)25)5-8(13(12)23)7-21-9-1-3-11(4-2-9)26-15(19,20)14(17)18/h1-7,14,23H. The van der Waals surface area contributed by atoms with Crippen molar-refractivity contribution in [2.24, 2.45) is 4.99 Å². The zero-order valence-electron chi connectivity index (χ0n) is 12.6. The molecule has 0 bridgehead atoms. The topological polar surface area (TPSA) is 85.0 Å². The molecule has 0 atom stereocenters. The third-order valence-electron chi connectivity index (χ3n) is 2.99. The lowest BCUT2D eigenvalue weighted by atomic mass is 10.2. The van der Waals surface area contributed by atoms with Gasteiger partial charge in [0.05, 0.1) is 15.1 Å². The Hall–Kier alpha value is -2.69. The number of phenolic OH excluding ortho intramolecular Hbond substituents is 1. The first-order chi connectivity index (χ1) is 12.1. The van der Waals surface area contributed by atoms with E-state index >= 15 is 0 Å². The zero-order chi connectivity index (χ0) is 19.5. The summed E-state index contributed by atoms with van der Waals surface area (Å²) in [6.07, 6.45) is -7.47. The fourth-order valence-corrected chi connectivity index (χ4v) is 2.22. The molecule has 11 heteroatoms. The Balaban J connectivity index is 2.20. The SMILES string of the molecule is O=[N+]([O-])c1cc(Br)c(O)c(C=Nc2ccc(OC(F)(F)C(F)F)cc2)c1. The van der Waals surface area contributed by atoms with Crippen molar-refractivity contribution < 1.29 is 32.3 Å². The number of nitrogens with zero attached hydrogens (tertiary/aromatic N) is 2. The van der Waals surface area contributed by atoms with Crippen LogP contribution in [0.1, 0.15) is 5.56 Å². The third kappa shape index (κ3) is 4.69. The van der Waals surface area contributed by atoms with Gasteiger partial charge in [-0.1, -0.05) is 0 Å². The van der Waals surface area contributed by atoms with E-state index in [9.17, 15) is 32.8 Å². The zero-order valence-corrected chi connectivity index (χ0v) is 14.2. The van der Waals surface area contributed by atoms with E-state index in [0.717, 1.165) is 30.5 Å². The van der Waals surface area contributed by atoms with Gasteiger partial charge in [-0.3, -0.25) is 15.1 Å². The van der Waals surface area contributed by atoms with Gasteiger partial charge >= 0.3 is 12.5 Å². The van der Waals surface area contributed by atoms with Gasteiger partial charge < -0.3 is 9.84 Å². The van der Waals surface area contributed by atoms with Crippen molar-refractivity contribution >= 4 is 33.5 Å². The van der Waals surface area contributed by atoms with Gasteiger partial charge in [0, 0.05) is 23.9 Å². The molecule has 0 aromatic heterocycles. The van der Waals surface area contributed by atoms with Crippen LogP contribution in [-0.4, -0.2) is 28.8 Å². The average Bonchev–Trinajstić information content (AvgIpc) is 2.56. The maximum atomic E-state index is 12.8. The Bertz CT molecular complexity index is 844. The van der Waals surface area contributed by atoms with Crippen LogP contribution >= 0.6 is 15.9 Å². The summed E-state index contributed by atoms with van der Waals surface area (Å²) in [5.41, 5.74) is -0.0375. The van der Waals surface area contributed by atoms with Crippen LogP contribution in [-0.2, 0) is 0 Å². The van der Waals surface area contributed by atoms with Gasteiger partial charge in [-0.15, -0.1) is 0 Å². The summed E-state index contributed by atoms with van der Waals surface area (Å²) in [6, 6.07) is 6.62. The highest BCUT2D eigenvalue weighted by atomic mass is 79.9. The molecule has 2 aromatic rings. The number of nitro groups is 1. The summed E-state index contributed by atoms with van der Waals surface area (Å²) in [5, 5.41) is 20.7. The van der Waals surface area contributed by atoms with E-state index in [4.69, 9.17) is 0 Å². The molecule has 1 N–H and O–H groups in total. The lowest BCUT2D eigenvalue weighted by Gasteiger charge is -2.16. The number of phenols is 1. The first-order valence-electron chi connectivity index (χ1n) is 6.76. The summed E-state index contributed by atoms with van der Waals surface area (Å²) in [7, 11) is 0. The van der Waals surface area contributed by atoms with Gasteiger partial charge in [0.2, 0.25) is 0 Å². The lowest BCUT2D eigenvalue weighted by Crippen LogP contribution is -2.33. The fourth-order valence-electron chi connectivity index (χ4n) is 1.76. The van der Waals surface area contributed by atoms with Crippen molar-refractivity contribution in [3.8, 4) is 11.5 Å². The van der Waals surface area contributed by atoms with E-state index in [-0.39, 0.29) is 27.2 Å². The molecule has 0 radical (unpaired) electrons.